The molecule has 2 rings (SSSR count). The summed E-state index contributed by atoms with van der Waals surface area (Å²) in [4.78, 5) is 34.9. The summed E-state index contributed by atoms with van der Waals surface area (Å²) in [6.07, 6.45) is 6.22. The quantitative estimate of drug-likeness (QED) is 0.442. The van der Waals surface area contributed by atoms with Crippen molar-refractivity contribution in [2.24, 2.45) is 0 Å². The van der Waals surface area contributed by atoms with Crippen LogP contribution in [-0.2, 0) is 9.59 Å². The summed E-state index contributed by atoms with van der Waals surface area (Å²) < 4.78 is 10.2. The lowest BCUT2D eigenvalue weighted by Crippen LogP contribution is -2.35. The number of aliphatic carboxylic acids is 1. The zero-order valence-corrected chi connectivity index (χ0v) is 14.1. The number of hydrogen-bond acceptors (Lipinski definition) is 5. The number of amides is 2. The number of nitrogens with one attached hydrogen (secondary N) is 2. The molecule has 0 atom stereocenters. The van der Waals surface area contributed by atoms with Gasteiger partial charge in [0.2, 0.25) is 0 Å². The van der Waals surface area contributed by atoms with E-state index >= 15 is 0 Å². The minimum atomic E-state index is -0.835. The Bertz CT molecular complexity index is 747. The first-order chi connectivity index (χ1) is 12.6. The fourth-order valence-electron chi connectivity index (χ4n) is 2.14. The minimum absolute atomic E-state index is 0.0203. The molecule has 138 valence electrons. The lowest BCUT2D eigenvalue weighted by Gasteiger charge is -2.09. The summed E-state index contributed by atoms with van der Waals surface area (Å²) >= 11 is 0. The number of unbranched alkanes of at least 4 members (excludes halogenated alkanes) is 2. The Labute approximate surface area is 149 Å². The molecule has 3 N–H and O–H groups in total. The maximum absolute atomic E-state index is 12.4. The van der Waals surface area contributed by atoms with Crippen molar-refractivity contribution in [1.29, 1.82) is 0 Å². The second kappa shape index (κ2) is 9.87. The highest BCUT2D eigenvalue weighted by atomic mass is 16.4. The van der Waals surface area contributed by atoms with Crippen LogP contribution >= 0.6 is 0 Å². The van der Waals surface area contributed by atoms with Crippen LogP contribution in [-0.4, -0.2) is 29.4 Å². The first kappa shape index (κ1) is 19.0. The summed E-state index contributed by atoms with van der Waals surface area (Å²) in [6, 6.07) is 6.37. The van der Waals surface area contributed by atoms with E-state index in [0.717, 1.165) is 0 Å². The molecule has 0 bridgehead atoms. The molecule has 26 heavy (non-hydrogen) atoms. The van der Waals surface area contributed by atoms with Crippen molar-refractivity contribution < 1.29 is 28.3 Å². The summed E-state index contributed by atoms with van der Waals surface area (Å²) in [5.41, 5.74) is 0.0203. The molecule has 0 unspecified atom stereocenters. The summed E-state index contributed by atoms with van der Waals surface area (Å²) in [5, 5.41) is 13.8. The van der Waals surface area contributed by atoms with Crippen LogP contribution in [0.2, 0.25) is 0 Å². The van der Waals surface area contributed by atoms with Crippen molar-refractivity contribution in [2.45, 2.75) is 25.7 Å². The molecule has 2 amide bonds. The van der Waals surface area contributed by atoms with Crippen LogP contribution in [0.25, 0.3) is 6.08 Å². The van der Waals surface area contributed by atoms with E-state index in [-0.39, 0.29) is 17.9 Å². The largest absolute Gasteiger partial charge is 0.481 e. The van der Waals surface area contributed by atoms with Gasteiger partial charge in [-0.1, -0.05) is 6.42 Å². The third-order valence-corrected chi connectivity index (χ3v) is 3.42. The number of carboxylic acid groups (broad SMARTS) is 1. The van der Waals surface area contributed by atoms with E-state index in [4.69, 9.17) is 13.9 Å². The normalized spacial score (nSPS) is 11.2. The van der Waals surface area contributed by atoms with Crippen molar-refractivity contribution >= 4 is 23.9 Å². The van der Waals surface area contributed by atoms with Gasteiger partial charge in [-0.25, -0.2) is 0 Å². The van der Waals surface area contributed by atoms with Gasteiger partial charge in [-0.2, -0.15) is 0 Å². The zero-order chi connectivity index (χ0) is 18.8. The second-order valence-electron chi connectivity index (χ2n) is 5.47. The van der Waals surface area contributed by atoms with Gasteiger partial charge in [0.1, 0.15) is 11.5 Å². The van der Waals surface area contributed by atoms with Crippen molar-refractivity contribution in [1.82, 2.24) is 10.6 Å². The van der Waals surface area contributed by atoms with Crippen LogP contribution in [0, 0.1) is 0 Å². The molecule has 0 aliphatic carbocycles. The standard InChI is InChI=1S/C18H20N2O6/c21-16(22)8-2-1-3-9-19-17(23)14(12-13-6-4-10-25-13)20-18(24)15-7-5-11-26-15/h4-7,10-12H,1-3,8-9H2,(H,19,23)(H,20,24)(H,21,22)/b14-12-. The van der Waals surface area contributed by atoms with Gasteiger partial charge in [-0.15, -0.1) is 0 Å². The van der Waals surface area contributed by atoms with E-state index in [1.807, 2.05) is 0 Å². The van der Waals surface area contributed by atoms with Gasteiger partial charge in [0.15, 0.2) is 5.76 Å². The number of furan rings is 2. The molecule has 0 fully saturated rings. The SMILES string of the molecule is O=C(O)CCCCCNC(=O)/C(=C/c1ccco1)NC(=O)c1ccco1. The van der Waals surface area contributed by atoms with Crippen LogP contribution in [0.3, 0.4) is 0 Å². The molecular weight excluding hydrogens is 340 g/mol. The van der Waals surface area contributed by atoms with Crippen LogP contribution < -0.4 is 10.6 Å². The number of carbonyl (C=O) groups is 3. The van der Waals surface area contributed by atoms with Crippen molar-refractivity contribution in [3.05, 3.63) is 54.0 Å². The van der Waals surface area contributed by atoms with E-state index in [1.54, 1.807) is 18.2 Å². The highest BCUT2D eigenvalue weighted by Gasteiger charge is 2.16. The molecule has 2 aromatic heterocycles. The lowest BCUT2D eigenvalue weighted by molar-refractivity contribution is -0.137. The number of hydrogen-bond donors (Lipinski definition) is 3. The molecule has 8 heteroatoms. The number of carbonyl (C=O) groups excluding carboxylic acids is 2. The number of carboxylic acids is 1. The number of rotatable bonds is 10. The molecule has 0 spiro atoms. The molecule has 0 radical (unpaired) electrons. The Kier molecular flexibility index (Phi) is 7.23. The average molecular weight is 360 g/mol. The zero-order valence-electron chi connectivity index (χ0n) is 14.1. The molecule has 2 heterocycles. The molecule has 8 nitrogen and oxygen atoms in total. The van der Waals surface area contributed by atoms with E-state index in [1.165, 1.54) is 24.7 Å². The molecule has 0 saturated carbocycles. The van der Waals surface area contributed by atoms with E-state index in [9.17, 15) is 14.4 Å². The molecule has 0 aromatic carbocycles. The maximum atomic E-state index is 12.4. The maximum Gasteiger partial charge on any atom is 0.303 e. The lowest BCUT2D eigenvalue weighted by atomic mass is 10.2. The Morgan fingerprint density at radius 3 is 2.46 bits per heavy atom. The van der Waals surface area contributed by atoms with E-state index in [2.05, 4.69) is 10.6 Å². The molecule has 0 aliphatic heterocycles. The van der Waals surface area contributed by atoms with E-state index in [0.29, 0.717) is 31.6 Å². The molecular formula is C18H20N2O6. The first-order valence-corrected chi connectivity index (χ1v) is 8.16. The topological polar surface area (TPSA) is 122 Å². The first-order valence-electron chi connectivity index (χ1n) is 8.16. The Balaban J connectivity index is 1.92. The third-order valence-electron chi connectivity index (χ3n) is 3.42. The van der Waals surface area contributed by atoms with Crippen LogP contribution in [0.1, 0.15) is 42.0 Å². The van der Waals surface area contributed by atoms with Gasteiger partial charge >= 0.3 is 5.97 Å². The molecule has 0 aliphatic rings. The van der Waals surface area contributed by atoms with Crippen LogP contribution in [0.5, 0.6) is 0 Å². The molecule has 2 aromatic rings. The van der Waals surface area contributed by atoms with Gasteiger partial charge in [-0.3, -0.25) is 14.4 Å². The fourth-order valence-corrected chi connectivity index (χ4v) is 2.14. The third kappa shape index (κ3) is 6.31. The van der Waals surface area contributed by atoms with Crippen molar-refractivity contribution in [3.63, 3.8) is 0 Å². The van der Waals surface area contributed by atoms with Crippen molar-refractivity contribution in [2.75, 3.05) is 6.54 Å². The Morgan fingerprint density at radius 2 is 1.81 bits per heavy atom. The van der Waals surface area contributed by atoms with Gasteiger partial charge in [0.25, 0.3) is 11.8 Å². The van der Waals surface area contributed by atoms with Crippen molar-refractivity contribution in [3.8, 4) is 0 Å². The van der Waals surface area contributed by atoms with Gasteiger partial charge < -0.3 is 24.6 Å². The Morgan fingerprint density at radius 1 is 1.04 bits per heavy atom. The highest BCUT2D eigenvalue weighted by Crippen LogP contribution is 2.08. The summed E-state index contributed by atoms with van der Waals surface area (Å²) in [5.74, 6) is -1.37. The van der Waals surface area contributed by atoms with Crippen LogP contribution in [0.4, 0.5) is 0 Å². The Hall–Kier alpha value is -3.29. The molecule has 0 saturated heterocycles. The van der Waals surface area contributed by atoms with Gasteiger partial charge in [0.05, 0.1) is 12.5 Å². The second-order valence-corrected chi connectivity index (χ2v) is 5.47. The van der Waals surface area contributed by atoms with Gasteiger partial charge in [0, 0.05) is 19.0 Å². The van der Waals surface area contributed by atoms with E-state index < -0.39 is 17.8 Å². The summed E-state index contributed by atoms with van der Waals surface area (Å²) in [6.45, 7) is 0.366. The average Bonchev–Trinajstić information content (AvgIpc) is 3.30. The summed E-state index contributed by atoms with van der Waals surface area (Å²) in [7, 11) is 0. The minimum Gasteiger partial charge on any atom is -0.481 e. The smallest absolute Gasteiger partial charge is 0.303 e. The predicted octanol–water partition coefficient (Wildman–Crippen LogP) is 2.40. The predicted molar refractivity (Wildman–Crippen MR) is 92.0 cm³/mol. The van der Waals surface area contributed by atoms with Gasteiger partial charge in [-0.05, 0) is 37.1 Å². The highest BCUT2D eigenvalue weighted by molar-refractivity contribution is 6.04. The monoisotopic (exact) mass is 360 g/mol. The van der Waals surface area contributed by atoms with Crippen LogP contribution in [0.15, 0.2) is 51.3 Å². The fraction of sp³-hybridized carbons (Fsp3) is 0.278.